The van der Waals surface area contributed by atoms with Gasteiger partial charge in [0.25, 0.3) is 0 Å². The van der Waals surface area contributed by atoms with Crippen molar-refractivity contribution in [3.8, 4) is 24.7 Å². The predicted octanol–water partition coefficient (Wildman–Crippen LogP) is 5.78. The Balaban J connectivity index is 2.44. The van der Waals surface area contributed by atoms with E-state index in [0.29, 0.717) is 5.56 Å². The largest absolute Gasteiger partial charge is 0.207 e. The van der Waals surface area contributed by atoms with E-state index < -0.39 is 0 Å². The number of allylic oxidation sites excluding steroid dienone is 5. The average Bonchev–Trinajstić information content (AvgIpc) is 2.91. The molecule has 0 N–H and O–H groups in total. The van der Waals surface area contributed by atoms with Crippen molar-refractivity contribution in [3.05, 3.63) is 76.8 Å². The summed E-state index contributed by atoms with van der Waals surface area (Å²) in [6, 6.07) is 4.57. The molecule has 3 atom stereocenters. The SMILES string of the molecule is C#Cc1cc(F)ccc1[C@@H](C#C)[C@@H](CCC)[C@H](C)C1=CC=C=CC=C1. The van der Waals surface area contributed by atoms with Crippen molar-refractivity contribution < 1.29 is 4.39 Å². The molecule has 0 amide bonds. The average molecular weight is 330 g/mol. The minimum absolute atomic E-state index is 0.156. The topological polar surface area (TPSA) is 0 Å². The quantitative estimate of drug-likeness (QED) is 0.458. The van der Waals surface area contributed by atoms with Gasteiger partial charge in [0.05, 0.1) is 0 Å². The molecule has 0 nitrogen and oxygen atoms in total. The summed E-state index contributed by atoms with van der Waals surface area (Å²) < 4.78 is 13.6. The smallest absolute Gasteiger partial charge is 0.124 e. The van der Waals surface area contributed by atoms with Crippen molar-refractivity contribution in [2.45, 2.75) is 32.6 Å². The second kappa shape index (κ2) is 8.94. The van der Waals surface area contributed by atoms with Gasteiger partial charge in [-0.25, -0.2) is 4.39 Å². The zero-order chi connectivity index (χ0) is 18.2. The summed E-state index contributed by atoms with van der Waals surface area (Å²) in [6.45, 7) is 4.35. The van der Waals surface area contributed by atoms with Crippen LogP contribution in [0.15, 0.2) is 59.9 Å². The van der Waals surface area contributed by atoms with Gasteiger partial charge in [0.1, 0.15) is 5.82 Å². The molecule has 25 heavy (non-hydrogen) atoms. The summed E-state index contributed by atoms with van der Waals surface area (Å²) in [4.78, 5) is 0. The minimum Gasteiger partial charge on any atom is -0.207 e. The second-order valence-corrected chi connectivity index (χ2v) is 6.29. The van der Waals surface area contributed by atoms with E-state index in [-0.39, 0.29) is 23.6 Å². The molecule has 0 heterocycles. The molecular formula is C24H23F. The van der Waals surface area contributed by atoms with Gasteiger partial charge in [0.15, 0.2) is 0 Å². The van der Waals surface area contributed by atoms with E-state index in [0.717, 1.165) is 18.4 Å². The maximum absolute atomic E-state index is 13.6. The molecule has 0 spiro atoms. The Bertz CT molecular complexity index is 817. The molecule has 0 saturated heterocycles. The van der Waals surface area contributed by atoms with Gasteiger partial charge >= 0.3 is 0 Å². The fraction of sp³-hybridized carbons (Fsp3) is 0.292. The molecule has 0 fully saturated rings. The lowest BCUT2D eigenvalue weighted by atomic mass is 9.72. The van der Waals surface area contributed by atoms with Crippen LogP contribution in [0.4, 0.5) is 4.39 Å². The lowest BCUT2D eigenvalue weighted by Crippen LogP contribution is -2.21. The van der Waals surface area contributed by atoms with Crippen LogP contribution in [0.3, 0.4) is 0 Å². The third kappa shape index (κ3) is 4.42. The molecule has 1 heteroatoms. The molecule has 0 radical (unpaired) electrons. The molecule has 0 aromatic heterocycles. The van der Waals surface area contributed by atoms with Crippen LogP contribution in [0, 0.1) is 42.3 Å². The first-order chi connectivity index (χ1) is 12.1. The van der Waals surface area contributed by atoms with Gasteiger partial charge in [0, 0.05) is 11.5 Å². The summed E-state index contributed by atoms with van der Waals surface area (Å²) in [6.07, 6.45) is 23.5. The Morgan fingerprint density at radius 2 is 2.04 bits per heavy atom. The van der Waals surface area contributed by atoms with E-state index in [2.05, 4.69) is 43.6 Å². The van der Waals surface area contributed by atoms with Gasteiger partial charge in [-0.1, -0.05) is 56.4 Å². The van der Waals surface area contributed by atoms with Crippen molar-refractivity contribution in [1.29, 1.82) is 0 Å². The van der Waals surface area contributed by atoms with E-state index in [1.807, 2.05) is 18.2 Å². The van der Waals surface area contributed by atoms with Crippen molar-refractivity contribution in [3.63, 3.8) is 0 Å². The molecule has 126 valence electrons. The van der Waals surface area contributed by atoms with E-state index in [4.69, 9.17) is 12.8 Å². The van der Waals surface area contributed by atoms with Gasteiger partial charge in [-0.3, -0.25) is 0 Å². The van der Waals surface area contributed by atoms with Crippen LogP contribution in [-0.4, -0.2) is 0 Å². The van der Waals surface area contributed by atoms with E-state index in [9.17, 15) is 4.39 Å². The summed E-state index contributed by atoms with van der Waals surface area (Å²) in [5.41, 5.74) is 5.70. The van der Waals surface area contributed by atoms with E-state index >= 15 is 0 Å². The van der Waals surface area contributed by atoms with Crippen LogP contribution < -0.4 is 0 Å². The van der Waals surface area contributed by atoms with Crippen LogP contribution in [0.25, 0.3) is 0 Å². The fourth-order valence-corrected chi connectivity index (χ4v) is 3.43. The number of halogens is 1. The lowest BCUT2D eigenvalue weighted by Gasteiger charge is -2.30. The molecular weight excluding hydrogens is 307 g/mol. The van der Waals surface area contributed by atoms with Crippen molar-refractivity contribution in [2.75, 3.05) is 0 Å². The molecule has 1 aromatic rings. The molecule has 2 rings (SSSR count). The first-order valence-corrected chi connectivity index (χ1v) is 8.63. The highest BCUT2D eigenvalue weighted by Crippen LogP contribution is 2.38. The molecule has 0 saturated carbocycles. The summed E-state index contributed by atoms with van der Waals surface area (Å²) >= 11 is 0. The third-order valence-electron chi connectivity index (χ3n) is 4.76. The number of hydrogen-bond donors (Lipinski definition) is 0. The standard InChI is InChI=1S/C24H23F/c1-5-12-23(18(4)20-13-10-8-9-11-14-20)22(7-3)24-16-15-21(25)17-19(24)6-2/h2-3,8,10-11,13-18,22-23H,5,12H2,1,4H3/t18-,22+,23+/m1/s1. The maximum atomic E-state index is 13.6. The van der Waals surface area contributed by atoms with E-state index in [1.54, 1.807) is 6.07 Å². The van der Waals surface area contributed by atoms with Crippen LogP contribution in [-0.2, 0) is 0 Å². The molecule has 0 unspecified atom stereocenters. The number of benzene rings is 1. The molecule has 1 aliphatic rings. The van der Waals surface area contributed by atoms with Crippen molar-refractivity contribution in [2.24, 2.45) is 11.8 Å². The van der Waals surface area contributed by atoms with Crippen molar-refractivity contribution in [1.82, 2.24) is 0 Å². The van der Waals surface area contributed by atoms with Gasteiger partial charge in [-0.2, -0.15) is 0 Å². The zero-order valence-corrected chi connectivity index (χ0v) is 14.8. The van der Waals surface area contributed by atoms with Crippen molar-refractivity contribution >= 4 is 0 Å². The Kier molecular flexibility index (Phi) is 6.65. The molecule has 1 aromatic carbocycles. The first-order valence-electron chi connectivity index (χ1n) is 8.63. The van der Waals surface area contributed by atoms with Gasteiger partial charge in [0.2, 0.25) is 0 Å². The maximum Gasteiger partial charge on any atom is 0.124 e. The van der Waals surface area contributed by atoms with Crippen LogP contribution in [0.1, 0.15) is 43.7 Å². The fourth-order valence-electron chi connectivity index (χ4n) is 3.43. The molecule has 1 aliphatic carbocycles. The predicted molar refractivity (Wildman–Crippen MR) is 103 cm³/mol. The zero-order valence-electron chi connectivity index (χ0n) is 14.8. The summed E-state index contributed by atoms with van der Waals surface area (Å²) in [7, 11) is 0. The highest BCUT2D eigenvalue weighted by molar-refractivity contribution is 5.45. The monoisotopic (exact) mass is 330 g/mol. The molecule has 0 bridgehead atoms. The normalized spacial score (nSPS) is 16.3. The lowest BCUT2D eigenvalue weighted by molar-refractivity contribution is 0.350. The number of terminal acetylenes is 2. The van der Waals surface area contributed by atoms with Crippen LogP contribution >= 0.6 is 0 Å². The number of hydrogen-bond acceptors (Lipinski definition) is 0. The number of rotatable bonds is 6. The minimum atomic E-state index is -0.335. The van der Waals surface area contributed by atoms with Gasteiger partial charge in [-0.15, -0.1) is 18.6 Å². The highest BCUT2D eigenvalue weighted by atomic mass is 19.1. The summed E-state index contributed by atoms with van der Waals surface area (Å²) in [5, 5.41) is 0. The van der Waals surface area contributed by atoms with Gasteiger partial charge < -0.3 is 0 Å². The third-order valence-corrected chi connectivity index (χ3v) is 4.76. The first kappa shape index (κ1) is 18.6. The Hall–Kier alpha value is -2.73. The van der Waals surface area contributed by atoms with Crippen LogP contribution in [0.2, 0.25) is 0 Å². The highest BCUT2D eigenvalue weighted by Gasteiger charge is 2.29. The van der Waals surface area contributed by atoms with Gasteiger partial charge in [-0.05, 0) is 53.7 Å². The Morgan fingerprint density at radius 3 is 2.72 bits per heavy atom. The Labute approximate surface area is 150 Å². The Morgan fingerprint density at radius 1 is 1.24 bits per heavy atom. The van der Waals surface area contributed by atoms with E-state index in [1.165, 1.54) is 17.7 Å². The van der Waals surface area contributed by atoms with Crippen LogP contribution in [0.5, 0.6) is 0 Å². The molecule has 0 aliphatic heterocycles. The second-order valence-electron chi connectivity index (χ2n) is 6.29. The summed E-state index contributed by atoms with van der Waals surface area (Å²) in [5.74, 6) is 5.50.